The maximum atomic E-state index is 13.5. The Kier molecular flexibility index (Phi) is 5.83. The summed E-state index contributed by atoms with van der Waals surface area (Å²) in [5.74, 6) is -0.636. The minimum atomic E-state index is -0.593. The second-order valence-corrected chi connectivity index (χ2v) is 7.29. The lowest BCUT2D eigenvalue weighted by Gasteiger charge is -2.17. The van der Waals surface area contributed by atoms with Gasteiger partial charge in [0.1, 0.15) is 23.0 Å². The summed E-state index contributed by atoms with van der Waals surface area (Å²) in [7, 11) is 3.01. The third kappa shape index (κ3) is 3.90. The van der Waals surface area contributed by atoms with E-state index in [1.54, 1.807) is 42.5 Å². The van der Waals surface area contributed by atoms with E-state index in [-0.39, 0.29) is 22.0 Å². The summed E-state index contributed by atoms with van der Waals surface area (Å²) in [5.41, 5.74) is 1.23. The molecular weight excluding hydrogens is 435 g/mol. The standard InChI is InChI=1S/C24H18ClFN2O4/c1-31-17-11-16(12-18(13-17)32-2)27-22-21(14-7-9-15(26)10-8-14)23(29)28(24(22)30)20-6-4-3-5-19(20)25/h3-13,27H,1-2H3. The average Bonchev–Trinajstić information content (AvgIpc) is 3.04. The van der Waals surface area contributed by atoms with Crippen LogP contribution < -0.4 is 19.7 Å². The number of nitrogens with zero attached hydrogens (tertiary/aromatic N) is 1. The van der Waals surface area contributed by atoms with Crippen LogP contribution in [0.1, 0.15) is 5.56 Å². The summed E-state index contributed by atoms with van der Waals surface area (Å²) < 4.78 is 24.1. The zero-order chi connectivity index (χ0) is 22.8. The van der Waals surface area contributed by atoms with Crippen LogP contribution in [0.4, 0.5) is 15.8 Å². The summed E-state index contributed by atoms with van der Waals surface area (Å²) in [6.45, 7) is 0. The monoisotopic (exact) mass is 452 g/mol. The van der Waals surface area contributed by atoms with E-state index in [1.807, 2.05) is 0 Å². The molecule has 0 atom stereocenters. The molecule has 6 nitrogen and oxygen atoms in total. The smallest absolute Gasteiger partial charge is 0.282 e. The molecule has 2 amide bonds. The number of amides is 2. The fourth-order valence-corrected chi connectivity index (χ4v) is 3.63. The normalized spacial score (nSPS) is 13.6. The molecule has 3 aromatic rings. The second-order valence-electron chi connectivity index (χ2n) is 6.88. The predicted molar refractivity (Wildman–Crippen MR) is 120 cm³/mol. The van der Waals surface area contributed by atoms with Crippen molar-refractivity contribution < 1.29 is 23.5 Å². The molecule has 1 heterocycles. The van der Waals surface area contributed by atoms with Crippen molar-refractivity contribution in [2.24, 2.45) is 0 Å². The lowest BCUT2D eigenvalue weighted by atomic mass is 10.0. The van der Waals surface area contributed by atoms with Crippen molar-refractivity contribution in [3.8, 4) is 11.5 Å². The Morgan fingerprint density at radius 2 is 1.50 bits per heavy atom. The number of methoxy groups -OCH3 is 2. The van der Waals surface area contributed by atoms with Crippen LogP contribution in [-0.4, -0.2) is 26.0 Å². The van der Waals surface area contributed by atoms with Gasteiger partial charge in [0.25, 0.3) is 11.8 Å². The highest BCUT2D eigenvalue weighted by molar-refractivity contribution is 6.48. The molecule has 0 aromatic heterocycles. The van der Waals surface area contributed by atoms with E-state index in [2.05, 4.69) is 5.32 Å². The van der Waals surface area contributed by atoms with Crippen molar-refractivity contribution in [1.82, 2.24) is 0 Å². The van der Waals surface area contributed by atoms with Crippen molar-refractivity contribution in [2.45, 2.75) is 0 Å². The largest absolute Gasteiger partial charge is 0.497 e. The predicted octanol–water partition coefficient (Wildman–Crippen LogP) is 4.89. The summed E-state index contributed by atoms with van der Waals surface area (Å²) in [6.07, 6.45) is 0. The van der Waals surface area contributed by atoms with E-state index in [0.717, 1.165) is 4.90 Å². The Balaban J connectivity index is 1.85. The minimum Gasteiger partial charge on any atom is -0.497 e. The van der Waals surface area contributed by atoms with E-state index >= 15 is 0 Å². The molecule has 8 heteroatoms. The molecule has 0 fully saturated rings. The van der Waals surface area contributed by atoms with Crippen molar-refractivity contribution in [3.05, 3.63) is 88.8 Å². The van der Waals surface area contributed by atoms with Gasteiger partial charge in [-0.25, -0.2) is 9.29 Å². The van der Waals surface area contributed by atoms with Crippen LogP contribution in [0.2, 0.25) is 5.02 Å². The van der Waals surface area contributed by atoms with E-state index in [4.69, 9.17) is 21.1 Å². The number of hydrogen-bond donors (Lipinski definition) is 1. The van der Waals surface area contributed by atoms with Gasteiger partial charge in [-0.05, 0) is 29.8 Å². The maximum absolute atomic E-state index is 13.5. The zero-order valence-corrected chi connectivity index (χ0v) is 17.9. The Hall–Kier alpha value is -3.84. The fraction of sp³-hybridized carbons (Fsp3) is 0.0833. The van der Waals surface area contributed by atoms with Gasteiger partial charge >= 0.3 is 0 Å². The van der Waals surface area contributed by atoms with Crippen LogP contribution in [0, 0.1) is 5.82 Å². The van der Waals surface area contributed by atoms with Gasteiger partial charge in [-0.15, -0.1) is 0 Å². The van der Waals surface area contributed by atoms with E-state index < -0.39 is 17.6 Å². The van der Waals surface area contributed by atoms with Gasteiger partial charge in [-0.3, -0.25) is 9.59 Å². The highest BCUT2D eigenvalue weighted by atomic mass is 35.5. The molecule has 1 aliphatic heterocycles. The van der Waals surface area contributed by atoms with Gasteiger partial charge in [-0.2, -0.15) is 0 Å². The number of ether oxygens (including phenoxy) is 2. The van der Waals surface area contributed by atoms with Crippen LogP contribution in [-0.2, 0) is 9.59 Å². The van der Waals surface area contributed by atoms with Gasteiger partial charge in [-0.1, -0.05) is 35.9 Å². The second kappa shape index (κ2) is 8.72. The van der Waals surface area contributed by atoms with Crippen LogP contribution >= 0.6 is 11.6 Å². The van der Waals surface area contributed by atoms with Gasteiger partial charge in [0.2, 0.25) is 0 Å². The number of anilines is 2. The molecule has 1 aliphatic rings. The molecule has 3 aromatic carbocycles. The molecular formula is C24H18ClFN2O4. The van der Waals surface area contributed by atoms with E-state index in [0.29, 0.717) is 22.7 Å². The highest BCUT2D eigenvalue weighted by Crippen LogP contribution is 2.37. The van der Waals surface area contributed by atoms with Gasteiger partial charge < -0.3 is 14.8 Å². The first-order valence-corrected chi connectivity index (χ1v) is 9.94. The number of para-hydroxylation sites is 1. The number of halogens is 2. The molecule has 0 saturated carbocycles. The van der Waals surface area contributed by atoms with Gasteiger partial charge in [0.05, 0.1) is 30.5 Å². The number of carbonyl (C=O) groups is 2. The number of rotatable bonds is 6. The molecule has 0 bridgehead atoms. The molecule has 162 valence electrons. The number of nitrogens with one attached hydrogen (secondary N) is 1. The summed E-state index contributed by atoms with van der Waals surface area (Å²) in [4.78, 5) is 27.8. The molecule has 4 rings (SSSR count). The van der Waals surface area contributed by atoms with Gasteiger partial charge in [0.15, 0.2) is 0 Å². The lowest BCUT2D eigenvalue weighted by molar-refractivity contribution is -0.120. The number of benzene rings is 3. The Labute approximate surface area is 188 Å². The number of hydrogen-bond acceptors (Lipinski definition) is 5. The number of imide groups is 1. The molecule has 1 N–H and O–H groups in total. The van der Waals surface area contributed by atoms with E-state index in [1.165, 1.54) is 38.5 Å². The number of carbonyl (C=O) groups excluding carboxylic acids is 2. The molecule has 0 spiro atoms. The van der Waals surface area contributed by atoms with Gasteiger partial charge in [0, 0.05) is 23.9 Å². The summed E-state index contributed by atoms with van der Waals surface area (Å²) >= 11 is 6.27. The van der Waals surface area contributed by atoms with Crippen molar-refractivity contribution in [3.63, 3.8) is 0 Å². The molecule has 0 unspecified atom stereocenters. The third-order valence-corrected chi connectivity index (χ3v) is 5.25. The van der Waals surface area contributed by atoms with Crippen LogP contribution in [0.3, 0.4) is 0 Å². The third-order valence-electron chi connectivity index (χ3n) is 4.93. The van der Waals surface area contributed by atoms with Crippen LogP contribution in [0.25, 0.3) is 5.57 Å². The molecule has 0 aliphatic carbocycles. The quantitative estimate of drug-likeness (QED) is 0.539. The molecule has 0 saturated heterocycles. The van der Waals surface area contributed by atoms with Crippen LogP contribution in [0.5, 0.6) is 11.5 Å². The summed E-state index contributed by atoms with van der Waals surface area (Å²) in [6, 6.07) is 16.9. The maximum Gasteiger partial charge on any atom is 0.282 e. The highest BCUT2D eigenvalue weighted by Gasteiger charge is 2.41. The summed E-state index contributed by atoms with van der Waals surface area (Å²) in [5, 5.41) is 3.27. The Morgan fingerprint density at radius 1 is 0.875 bits per heavy atom. The fourth-order valence-electron chi connectivity index (χ4n) is 3.41. The van der Waals surface area contributed by atoms with E-state index in [9.17, 15) is 14.0 Å². The lowest BCUT2D eigenvalue weighted by Crippen LogP contribution is -2.32. The zero-order valence-electron chi connectivity index (χ0n) is 17.2. The first-order valence-electron chi connectivity index (χ1n) is 9.56. The first-order chi connectivity index (χ1) is 15.4. The molecule has 32 heavy (non-hydrogen) atoms. The molecule has 0 radical (unpaired) electrons. The SMILES string of the molecule is COc1cc(NC2=C(c3ccc(F)cc3)C(=O)N(c3ccccc3Cl)C2=O)cc(OC)c1. The van der Waals surface area contributed by atoms with Crippen molar-refractivity contribution in [2.75, 3.05) is 24.4 Å². The minimum absolute atomic E-state index is 0.0248. The topological polar surface area (TPSA) is 67.9 Å². The van der Waals surface area contributed by atoms with Crippen molar-refractivity contribution in [1.29, 1.82) is 0 Å². The Bertz CT molecular complexity index is 1220. The van der Waals surface area contributed by atoms with Crippen molar-refractivity contribution >= 4 is 40.4 Å². The average molecular weight is 453 g/mol. The first kappa shape index (κ1) is 21.4. The van der Waals surface area contributed by atoms with Crippen LogP contribution in [0.15, 0.2) is 72.4 Å². The Morgan fingerprint density at radius 3 is 2.09 bits per heavy atom.